The van der Waals surface area contributed by atoms with E-state index in [1.807, 2.05) is 6.92 Å². The highest BCUT2D eigenvalue weighted by molar-refractivity contribution is 7.87. The van der Waals surface area contributed by atoms with Crippen LogP contribution in [0, 0.1) is 77.7 Å². The number of imidazole rings is 7. The van der Waals surface area contributed by atoms with E-state index in [4.69, 9.17) is 8.92 Å². The molecule has 0 aliphatic carbocycles. The second-order valence-corrected chi connectivity index (χ2v) is 38.1. The minimum atomic E-state index is -3.86. The number of nitrogens with zero attached hydrogens (tertiary/aromatic N) is 24. The van der Waals surface area contributed by atoms with Crippen LogP contribution < -0.4 is 0 Å². The molecule has 1 saturated heterocycles. The van der Waals surface area contributed by atoms with Crippen LogP contribution in [-0.4, -0.2) is 329 Å². The van der Waals surface area contributed by atoms with Crippen LogP contribution in [0.25, 0.3) is 0 Å². The number of halogens is 2. The molecule has 8 unspecified atom stereocenters. The zero-order valence-electron chi connectivity index (χ0n) is 73.2. The third-order valence-electron chi connectivity index (χ3n) is 16.8. The highest BCUT2D eigenvalue weighted by atomic mass is 32.2. The first-order valence-electron chi connectivity index (χ1n) is 38.4. The highest BCUT2D eigenvalue weighted by Crippen LogP contribution is 2.33. The van der Waals surface area contributed by atoms with Crippen molar-refractivity contribution in [1.82, 2.24) is 81.9 Å². The molecule has 140 heavy (non-hydrogen) atoms. The van der Waals surface area contributed by atoms with Gasteiger partial charge in [-0.25, -0.2) is 67.0 Å². The number of carbonyl (C=O) groups excluding carboxylic acids is 3. The van der Waals surface area contributed by atoms with Crippen molar-refractivity contribution in [3.8, 4) is 0 Å². The Kier molecular flexibility index (Phi) is 46.9. The van der Waals surface area contributed by atoms with Crippen LogP contribution in [-0.2, 0) is 144 Å². The fourth-order valence-corrected chi connectivity index (χ4v) is 13.4. The van der Waals surface area contributed by atoms with Crippen molar-refractivity contribution in [2.24, 2.45) is 0 Å². The molecule has 0 saturated carbocycles. The molecule has 0 radical (unpaired) electrons. The number of aryl methyl sites for hydroxylation is 1. The molecule has 1 aliphatic rings. The minimum absolute atomic E-state index is 0.0404. The number of hydrogen-bond acceptors (Lipinski definition) is 51. The SMILES string of the molecule is CS(=O)(=O)OCC(CO)n1cc(Cn2cncc2[N+](=O)[O-])nn1.CS(=O)(=O)OCC(O)C(O)Cn1cncc1[N+](=O)[O-].CS(=O)(=O)OCC(O)Cn1cncc1[N+](=O)[O-].CS(=O)(=O)OCC1OC(n2cncc2[N+](=O)[O-])C(O)C1O.CS(=O)(=O)OCCCC(=O)Cn1cncc1[N+](=O)[O-].Cc1ccc(S(=O)(=O)OCCCC(=O)Cn2cncc2[N+](=O)[O-])cc1.O=C(CC=C(F)F)Cn1cncc1[N+](=O)[O-]. The third kappa shape index (κ3) is 43.6. The van der Waals surface area contributed by atoms with Crippen LogP contribution in [0.4, 0.5) is 49.5 Å². The predicted octanol–water partition coefficient (Wildman–Crippen LogP) is -1.55. The number of ether oxygens (including phenoxy) is 1. The Morgan fingerprint density at radius 1 is 0.471 bits per heavy atom. The number of ketones is 3. The van der Waals surface area contributed by atoms with Gasteiger partial charge in [0.25, 0.3) is 66.8 Å². The fourth-order valence-electron chi connectivity index (χ4n) is 10.4. The van der Waals surface area contributed by atoms with Gasteiger partial charge in [-0.15, -0.1) is 5.10 Å². The number of aliphatic hydroxyl groups excluding tert-OH is 6. The molecule has 0 spiro atoms. The van der Waals surface area contributed by atoms with Crippen molar-refractivity contribution in [2.75, 3.05) is 77.5 Å². The summed E-state index contributed by atoms with van der Waals surface area (Å²) in [4.78, 5) is 130. The number of hydrogen-bond donors (Lipinski definition) is 6. The molecule has 8 aromatic heterocycles. The number of aromatic nitrogens is 17. The van der Waals surface area contributed by atoms with Gasteiger partial charge in [-0.05, 0) is 72.4 Å². The van der Waals surface area contributed by atoms with Gasteiger partial charge in [-0.3, -0.25) is 39.5 Å². The summed E-state index contributed by atoms with van der Waals surface area (Å²) in [6.07, 6.45) is 10.2. The Bertz CT molecular complexity index is 6440. The number of benzene rings is 1. The Morgan fingerprint density at radius 3 is 1.26 bits per heavy atom. The summed E-state index contributed by atoms with van der Waals surface area (Å²) in [7, 11) is -22.1. The summed E-state index contributed by atoms with van der Waals surface area (Å²) in [5.41, 5.74) is 1.31. The first-order valence-corrected chi connectivity index (χ1v) is 48.9. The Morgan fingerprint density at radius 2 is 0.843 bits per heavy atom. The number of aliphatic hydroxyl groups is 6. The van der Waals surface area contributed by atoms with Crippen LogP contribution in [0.1, 0.15) is 55.6 Å². The van der Waals surface area contributed by atoms with E-state index in [2.05, 4.69) is 66.1 Å². The summed E-state index contributed by atoms with van der Waals surface area (Å²) in [5.74, 6) is -3.26. The van der Waals surface area contributed by atoms with Gasteiger partial charge in [0.1, 0.15) is 111 Å². The molecule has 9 heterocycles. The Labute approximate surface area is 787 Å². The maximum absolute atomic E-state index is 12.0. The van der Waals surface area contributed by atoms with Crippen LogP contribution >= 0.6 is 0 Å². The highest BCUT2D eigenvalue weighted by Gasteiger charge is 2.48. The molecule has 1 aliphatic heterocycles. The van der Waals surface area contributed by atoms with Crippen LogP contribution in [0.2, 0.25) is 0 Å². The third-order valence-corrected chi connectivity index (χ3v) is 21.0. The number of Topliss-reactive ketones (excluding diaryl/α,β-unsaturated/α-hetero) is 3. The lowest BCUT2D eigenvalue weighted by Gasteiger charge is -2.15. The van der Waals surface area contributed by atoms with E-state index < -0.39 is 195 Å². The van der Waals surface area contributed by atoms with Crippen molar-refractivity contribution in [1.29, 1.82) is 0 Å². The van der Waals surface area contributed by atoms with Crippen molar-refractivity contribution in [3.63, 3.8) is 0 Å². The number of carbonyl (C=O) groups is 3. The molecule has 66 nitrogen and oxygen atoms in total. The van der Waals surface area contributed by atoms with E-state index in [1.54, 1.807) is 12.1 Å². The molecule has 8 atom stereocenters. The van der Waals surface area contributed by atoms with Crippen LogP contribution in [0.3, 0.4) is 0 Å². The second kappa shape index (κ2) is 55.3. The lowest BCUT2D eigenvalue weighted by molar-refractivity contribution is -0.394. The van der Waals surface area contributed by atoms with E-state index in [0.717, 1.165) is 127 Å². The number of rotatable bonds is 48. The first kappa shape index (κ1) is 119. The summed E-state index contributed by atoms with van der Waals surface area (Å²) < 4.78 is 196. The van der Waals surface area contributed by atoms with Crippen molar-refractivity contribution < 1.29 is 169 Å². The quantitative estimate of drug-likeness (QED) is 0.0109. The van der Waals surface area contributed by atoms with Gasteiger partial charge < -0.3 is 106 Å². The van der Waals surface area contributed by atoms with Gasteiger partial charge in [0.2, 0.25) is 6.23 Å². The zero-order valence-corrected chi connectivity index (χ0v) is 78.1. The average Bonchev–Trinajstić information content (AvgIpc) is 1.64. The normalized spacial score (nSPS) is 15.0. The van der Waals surface area contributed by atoms with E-state index in [0.29, 0.717) is 11.8 Å². The molecule has 10 rings (SSSR count). The largest absolute Gasteiger partial charge is 0.394 e. The van der Waals surface area contributed by atoms with Crippen molar-refractivity contribution >= 4 is 119 Å². The lowest BCUT2D eigenvalue weighted by atomic mass is 10.1. The smallest absolute Gasteiger partial charge is 0.344 e. The lowest BCUT2D eigenvalue weighted by Crippen LogP contribution is -2.34. The number of nitro groups is 7. The molecule has 1 fully saturated rings. The summed E-state index contributed by atoms with van der Waals surface area (Å²) >= 11 is 0. The summed E-state index contributed by atoms with van der Waals surface area (Å²) in [5, 5.41) is 140. The molecular weight excluding hydrogens is 2030 g/mol. The maximum Gasteiger partial charge on any atom is 0.344 e. The van der Waals surface area contributed by atoms with Crippen molar-refractivity contribution in [2.45, 2.75) is 132 Å². The topological polar surface area (TPSA) is 899 Å². The summed E-state index contributed by atoms with van der Waals surface area (Å²) in [6, 6.07) is 5.49. The van der Waals surface area contributed by atoms with Gasteiger partial charge >= 0.3 is 40.7 Å². The Hall–Kier alpha value is -13.6. The van der Waals surface area contributed by atoms with Gasteiger partial charge in [0.05, 0.1) is 88.6 Å². The molecule has 9 aromatic rings. The van der Waals surface area contributed by atoms with Gasteiger partial charge in [-0.2, -0.15) is 63.9 Å². The fraction of sp³-hybridized carbons (Fsp3) is 0.485. The summed E-state index contributed by atoms with van der Waals surface area (Å²) in [6.45, 7) is -1.87. The monoisotopic (exact) mass is 2120 g/mol. The molecule has 74 heteroatoms. The van der Waals surface area contributed by atoms with E-state index in [9.17, 15) is 175 Å². The van der Waals surface area contributed by atoms with Crippen molar-refractivity contribution in [3.05, 3.63) is 212 Å². The minimum Gasteiger partial charge on any atom is -0.394 e. The van der Waals surface area contributed by atoms with E-state index >= 15 is 0 Å². The second-order valence-electron chi connectivity index (χ2n) is 28.2. The van der Waals surface area contributed by atoms with E-state index in [-0.39, 0.29) is 136 Å². The van der Waals surface area contributed by atoms with Gasteiger partial charge in [0.15, 0.2) is 81.3 Å². The van der Waals surface area contributed by atoms with Crippen LogP contribution in [0.5, 0.6) is 0 Å². The number of allylic oxidation sites excluding steroid dienone is 1. The molecule has 6 N–H and O–H groups in total. The standard InChI is InChI=1S/C15H17N3O6S.C10H14N6O6S.C9H13N3O8S.C9H13N3O6S.C8H7F2N3O3.C8H13N3O7S.C7H11N3O6S/c1-12-4-6-14(7-5-12)25(22,23)24-8-2-3-13(19)10-17-11-16-9-15(17)18(20)21;1-23(20,21)22-6-9(5-17)15-4-8(12-13-15)3-14-7-11-2-10(14)16(18)19;1-21(17,18)19-3-5-7(13)8(14)9(20-5)11-4-10-2-6(11)12(15)16;1-19(16,17)18-4-2-3-8(13)6-11-7-10-5-9(11)12(14)15;9-7(10)2-1-6(14)4-12-5-11-3-8(12)13(15)16;1-19(16,17)18-4-7(13)6(12)3-10-5-9-2-8(10)11(14)15;1-17(14,15)16-4-6(11)3-9-5-8-2-7(9)10(12)13/h4-7,9,11H,2-3,8,10H2,1H3;2,4,7,9,17H,3,5-6H2,1H3;2,4-5,7-9,13-14H,3H2,1H3;5,7H,2-4,6H2,1H3;2-3,5H,1,4H2;2,5-7,12-13H,3-4H2,1H3;2,5-6,11H,3-4H2,1H3. The zero-order chi connectivity index (χ0) is 106. The van der Waals surface area contributed by atoms with Crippen LogP contribution in [0.15, 0.2) is 135 Å². The first-order chi connectivity index (χ1) is 65.1. The molecule has 0 amide bonds. The van der Waals surface area contributed by atoms with Gasteiger partial charge in [0, 0.05) is 19.3 Å². The van der Waals surface area contributed by atoms with Gasteiger partial charge in [-0.1, -0.05) is 22.9 Å². The predicted molar refractivity (Wildman–Crippen MR) is 458 cm³/mol. The maximum atomic E-state index is 12.0. The Balaban J connectivity index is 0.000000342. The molecule has 774 valence electrons. The molecule has 1 aromatic carbocycles. The van der Waals surface area contributed by atoms with E-state index in [1.165, 1.54) is 52.9 Å². The molecule has 0 bridgehead atoms. The average molecular weight is 2120 g/mol. The molecular formula is C66H88F2N24O42S6.